The summed E-state index contributed by atoms with van der Waals surface area (Å²) in [4.78, 5) is 2.36. The average molecular weight is 274 g/mol. The van der Waals surface area contributed by atoms with Gasteiger partial charge in [0.2, 0.25) is 0 Å². The van der Waals surface area contributed by atoms with Gasteiger partial charge in [0.15, 0.2) is 0 Å². The van der Waals surface area contributed by atoms with Gasteiger partial charge in [-0.25, -0.2) is 0 Å². The number of benzene rings is 1. The normalized spacial score (nSPS) is 13.2. The minimum Gasteiger partial charge on any atom is -0.461 e. The minimum atomic E-state index is 0.232. The van der Waals surface area contributed by atoms with Gasteiger partial charge in [0.05, 0.1) is 6.04 Å². The second-order valence-corrected chi connectivity index (χ2v) is 5.51. The molecule has 0 bridgehead atoms. The number of fused-ring (bicyclic) bond motifs is 1. The van der Waals surface area contributed by atoms with Crippen LogP contribution in [0.15, 0.2) is 28.7 Å². The Morgan fingerprint density at radius 3 is 2.70 bits per heavy atom. The van der Waals surface area contributed by atoms with E-state index in [9.17, 15) is 0 Å². The fourth-order valence-corrected chi connectivity index (χ4v) is 2.89. The predicted octanol–water partition coefficient (Wildman–Crippen LogP) is 3.86. The van der Waals surface area contributed by atoms with Crippen LogP contribution < -0.4 is 5.73 Å². The van der Waals surface area contributed by atoms with E-state index in [4.69, 9.17) is 10.2 Å². The zero-order chi connectivity index (χ0) is 14.5. The summed E-state index contributed by atoms with van der Waals surface area (Å²) in [6.45, 7) is 5.97. The Bertz CT molecular complexity index is 547. The fourth-order valence-electron chi connectivity index (χ4n) is 2.89. The van der Waals surface area contributed by atoms with Crippen LogP contribution in [0.25, 0.3) is 11.0 Å². The van der Waals surface area contributed by atoms with Crippen molar-refractivity contribution >= 4 is 11.0 Å². The van der Waals surface area contributed by atoms with E-state index >= 15 is 0 Å². The lowest BCUT2D eigenvalue weighted by Gasteiger charge is -2.27. The molecule has 0 radical (unpaired) electrons. The van der Waals surface area contributed by atoms with Crippen molar-refractivity contribution in [1.82, 2.24) is 4.90 Å². The highest BCUT2D eigenvalue weighted by molar-refractivity contribution is 5.82. The molecule has 1 aromatic carbocycles. The van der Waals surface area contributed by atoms with Crippen molar-refractivity contribution in [3.63, 3.8) is 0 Å². The van der Waals surface area contributed by atoms with Crippen LogP contribution in [0.4, 0.5) is 0 Å². The Morgan fingerprint density at radius 2 is 2.00 bits per heavy atom. The van der Waals surface area contributed by atoms with E-state index < -0.39 is 0 Å². The lowest BCUT2D eigenvalue weighted by Crippen LogP contribution is -2.31. The second kappa shape index (κ2) is 6.91. The number of hydrogen-bond donors (Lipinski definition) is 1. The zero-order valence-corrected chi connectivity index (χ0v) is 12.9. The third kappa shape index (κ3) is 3.05. The summed E-state index contributed by atoms with van der Waals surface area (Å²) in [5.74, 6) is 0.990. The van der Waals surface area contributed by atoms with Gasteiger partial charge in [-0.1, -0.05) is 38.0 Å². The summed E-state index contributed by atoms with van der Waals surface area (Å²) in [6.07, 6.45) is 3.74. The molecule has 1 atom stereocenters. The standard InChI is InChI=1S/C17H26N2O/c1-4-5-8-11-19(3)15(12-18)17-13(2)20-16-10-7-6-9-14(16)17/h6-7,9-10,15H,4-5,8,11-12,18H2,1-3H3. The molecule has 2 aromatic rings. The Hall–Kier alpha value is -1.32. The van der Waals surface area contributed by atoms with E-state index in [1.165, 1.54) is 30.2 Å². The van der Waals surface area contributed by atoms with Crippen LogP contribution in [0.5, 0.6) is 0 Å². The molecule has 0 fully saturated rings. The Morgan fingerprint density at radius 1 is 1.25 bits per heavy atom. The van der Waals surface area contributed by atoms with E-state index in [0.29, 0.717) is 6.54 Å². The first-order chi connectivity index (χ1) is 9.69. The van der Waals surface area contributed by atoms with Crippen LogP contribution in [0.3, 0.4) is 0 Å². The molecule has 2 rings (SSSR count). The molecule has 0 saturated heterocycles. The Kier molecular flexibility index (Phi) is 5.21. The molecule has 2 N–H and O–H groups in total. The van der Waals surface area contributed by atoms with Crippen LogP contribution in [0.2, 0.25) is 0 Å². The maximum absolute atomic E-state index is 6.05. The van der Waals surface area contributed by atoms with Gasteiger partial charge in [-0.05, 0) is 33.0 Å². The average Bonchev–Trinajstić information content (AvgIpc) is 2.77. The van der Waals surface area contributed by atoms with Crippen molar-refractivity contribution in [2.24, 2.45) is 5.73 Å². The number of hydrogen-bond acceptors (Lipinski definition) is 3. The number of nitrogens with zero attached hydrogens (tertiary/aromatic N) is 1. The molecule has 0 aliphatic carbocycles. The molecule has 0 saturated carbocycles. The lowest BCUT2D eigenvalue weighted by molar-refractivity contribution is 0.244. The zero-order valence-electron chi connectivity index (χ0n) is 12.9. The Labute approximate surface area is 121 Å². The lowest BCUT2D eigenvalue weighted by atomic mass is 10.0. The van der Waals surface area contributed by atoms with Crippen molar-refractivity contribution in [1.29, 1.82) is 0 Å². The van der Waals surface area contributed by atoms with Gasteiger partial charge in [-0.15, -0.1) is 0 Å². The highest BCUT2D eigenvalue weighted by Crippen LogP contribution is 2.32. The maximum Gasteiger partial charge on any atom is 0.134 e. The number of nitrogens with two attached hydrogens (primary N) is 1. The number of unbranched alkanes of at least 4 members (excludes halogenated alkanes) is 2. The number of rotatable bonds is 7. The summed E-state index contributed by atoms with van der Waals surface area (Å²) in [5.41, 5.74) is 8.26. The molecule has 1 unspecified atom stereocenters. The van der Waals surface area contributed by atoms with Gasteiger partial charge in [0.1, 0.15) is 11.3 Å². The van der Waals surface area contributed by atoms with Crippen molar-refractivity contribution in [3.05, 3.63) is 35.6 Å². The second-order valence-electron chi connectivity index (χ2n) is 5.51. The van der Waals surface area contributed by atoms with Crippen LogP contribution in [-0.2, 0) is 0 Å². The summed E-state index contributed by atoms with van der Waals surface area (Å²) < 4.78 is 5.88. The van der Waals surface area contributed by atoms with E-state index in [0.717, 1.165) is 17.9 Å². The summed E-state index contributed by atoms with van der Waals surface area (Å²) in [5, 5.41) is 1.20. The van der Waals surface area contributed by atoms with Crippen molar-refractivity contribution in [2.45, 2.75) is 39.2 Å². The van der Waals surface area contributed by atoms with Crippen molar-refractivity contribution < 1.29 is 4.42 Å². The van der Waals surface area contributed by atoms with Gasteiger partial charge in [-0.3, -0.25) is 4.90 Å². The minimum absolute atomic E-state index is 0.232. The molecule has 0 amide bonds. The van der Waals surface area contributed by atoms with Crippen LogP contribution in [-0.4, -0.2) is 25.0 Å². The van der Waals surface area contributed by atoms with Crippen LogP contribution in [0, 0.1) is 6.92 Å². The van der Waals surface area contributed by atoms with Gasteiger partial charge in [0, 0.05) is 17.5 Å². The molecular weight excluding hydrogens is 248 g/mol. The van der Waals surface area contributed by atoms with Gasteiger partial charge in [0.25, 0.3) is 0 Å². The summed E-state index contributed by atoms with van der Waals surface area (Å²) >= 11 is 0. The fraction of sp³-hybridized carbons (Fsp3) is 0.529. The molecule has 3 heteroatoms. The quantitative estimate of drug-likeness (QED) is 0.779. The molecule has 0 spiro atoms. The highest BCUT2D eigenvalue weighted by Gasteiger charge is 2.22. The summed E-state index contributed by atoms with van der Waals surface area (Å²) in [6, 6.07) is 8.46. The first kappa shape index (κ1) is 15.1. The van der Waals surface area contributed by atoms with E-state index in [-0.39, 0.29) is 6.04 Å². The van der Waals surface area contributed by atoms with Crippen molar-refractivity contribution in [2.75, 3.05) is 20.1 Å². The number of aryl methyl sites for hydroxylation is 1. The largest absolute Gasteiger partial charge is 0.461 e. The number of likely N-dealkylation sites (N-methyl/N-ethyl adjacent to an activating group) is 1. The molecule has 110 valence electrons. The maximum atomic E-state index is 6.05. The first-order valence-electron chi connectivity index (χ1n) is 7.57. The summed E-state index contributed by atoms with van der Waals surface area (Å²) in [7, 11) is 2.16. The van der Waals surface area contributed by atoms with Gasteiger partial charge < -0.3 is 10.2 Å². The molecule has 20 heavy (non-hydrogen) atoms. The molecule has 0 aliphatic heterocycles. The van der Waals surface area contributed by atoms with Crippen LogP contribution in [0.1, 0.15) is 43.6 Å². The first-order valence-corrected chi connectivity index (χ1v) is 7.57. The topological polar surface area (TPSA) is 42.4 Å². The van der Waals surface area contributed by atoms with Gasteiger partial charge in [-0.2, -0.15) is 0 Å². The van der Waals surface area contributed by atoms with Gasteiger partial charge >= 0.3 is 0 Å². The van der Waals surface area contributed by atoms with E-state index in [2.05, 4.69) is 31.0 Å². The third-order valence-electron chi connectivity index (χ3n) is 4.02. The van der Waals surface area contributed by atoms with E-state index in [1.54, 1.807) is 0 Å². The molecular formula is C17H26N2O. The number of para-hydroxylation sites is 1. The van der Waals surface area contributed by atoms with Crippen molar-refractivity contribution in [3.8, 4) is 0 Å². The smallest absolute Gasteiger partial charge is 0.134 e. The Balaban J connectivity index is 2.27. The number of furan rings is 1. The van der Waals surface area contributed by atoms with E-state index in [1.807, 2.05) is 19.1 Å². The monoisotopic (exact) mass is 274 g/mol. The van der Waals surface area contributed by atoms with Crippen LogP contribution >= 0.6 is 0 Å². The molecule has 1 aromatic heterocycles. The molecule has 0 aliphatic rings. The molecule has 3 nitrogen and oxygen atoms in total. The highest BCUT2D eigenvalue weighted by atomic mass is 16.3. The predicted molar refractivity (Wildman–Crippen MR) is 84.9 cm³/mol. The SMILES string of the molecule is CCCCCN(C)C(CN)c1c(C)oc2ccccc12. The third-order valence-corrected chi connectivity index (χ3v) is 4.02. The molecule has 1 heterocycles.